The maximum atomic E-state index is 13.4. The third-order valence-electron chi connectivity index (χ3n) is 5.89. The summed E-state index contributed by atoms with van der Waals surface area (Å²) in [6, 6.07) is 14.2. The number of carbonyl (C=O) groups is 2. The molecule has 0 aliphatic carbocycles. The number of ether oxygens (including phenoxy) is 1. The number of aromatic nitrogens is 3. The molecule has 1 aliphatic rings. The molecule has 0 spiro atoms. The molecule has 2 aromatic carbocycles. The van der Waals surface area contributed by atoms with E-state index in [1.165, 1.54) is 30.5 Å². The smallest absolute Gasteiger partial charge is 0.406 e. The van der Waals surface area contributed by atoms with Crippen molar-refractivity contribution in [1.82, 2.24) is 24.8 Å². The van der Waals surface area contributed by atoms with E-state index in [0.717, 1.165) is 10.4 Å². The highest BCUT2D eigenvalue weighted by Crippen LogP contribution is 2.26. The average molecular weight is 502 g/mol. The first kappa shape index (κ1) is 25.2. The largest absolute Gasteiger partial charge is 0.573 e. The van der Waals surface area contributed by atoms with Gasteiger partial charge in [-0.2, -0.15) is 5.10 Å². The summed E-state index contributed by atoms with van der Waals surface area (Å²) >= 11 is 0. The quantitative estimate of drug-likeness (QED) is 0.523. The van der Waals surface area contributed by atoms with Crippen molar-refractivity contribution in [1.29, 1.82) is 0 Å². The molecule has 36 heavy (non-hydrogen) atoms. The minimum absolute atomic E-state index is 0.0395. The Kier molecular flexibility index (Phi) is 7.27. The van der Waals surface area contributed by atoms with Gasteiger partial charge in [0.1, 0.15) is 11.4 Å². The van der Waals surface area contributed by atoms with Crippen molar-refractivity contribution in [3.05, 3.63) is 66.4 Å². The van der Waals surface area contributed by atoms with Crippen LogP contribution in [0.5, 0.6) is 5.75 Å². The zero-order valence-corrected chi connectivity index (χ0v) is 19.9. The maximum Gasteiger partial charge on any atom is 0.573 e. The Hall–Kier alpha value is -3.89. The van der Waals surface area contributed by atoms with E-state index in [1.807, 2.05) is 44.2 Å². The molecule has 0 radical (unpaired) electrons. The summed E-state index contributed by atoms with van der Waals surface area (Å²) in [5, 5.41) is 8.35. The molecule has 1 fully saturated rings. The molecule has 1 aliphatic heterocycles. The van der Waals surface area contributed by atoms with Crippen LogP contribution in [0.1, 0.15) is 19.4 Å². The fourth-order valence-corrected chi connectivity index (χ4v) is 4.16. The van der Waals surface area contributed by atoms with Gasteiger partial charge in [-0.25, -0.2) is 4.79 Å². The Morgan fingerprint density at radius 3 is 2.39 bits per heavy atom. The lowest BCUT2D eigenvalue weighted by Gasteiger charge is -2.41. The van der Waals surface area contributed by atoms with Crippen LogP contribution in [0.25, 0.3) is 11.3 Å². The first-order valence-corrected chi connectivity index (χ1v) is 11.5. The van der Waals surface area contributed by atoms with Crippen molar-refractivity contribution in [3.63, 3.8) is 0 Å². The predicted octanol–water partition coefficient (Wildman–Crippen LogP) is 4.22. The van der Waals surface area contributed by atoms with Crippen LogP contribution in [0, 0.1) is 5.92 Å². The minimum atomic E-state index is -4.78. The van der Waals surface area contributed by atoms with Crippen molar-refractivity contribution in [3.8, 4) is 17.0 Å². The van der Waals surface area contributed by atoms with Crippen molar-refractivity contribution in [2.24, 2.45) is 5.92 Å². The predicted molar refractivity (Wildman–Crippen MR) is 125 cm³/mol. The molecule has 0 N–H and O–H groups in total. The fourth-order valence-electron chi connectivity index (χ4n) is 4.16. The number of hydrogen-bond donors (Lipinski definition) is 0. The number of alkyl halides is 3. The summed E-state index contributed by atoms with van der Waals surface area (Å²) < 4.78 is 41.1. The number of hydrogen-bond acceptors (Lipinski definition) is 5. The first-order valence-electron chi connectivity index (χ1n) is 11.5. The molecule has 1 atom stereocenters. The van der Waals surface area contributed by atoms with Crippen LogP contribution < -0.4 is 4.74 Å². The SMILES string of the molecule is CC(C)C(=O)N1CCN(C(=O)n2ncc(-c3ccc(OC(F)(F)F)cc3)n2)C(Cc2ccccc2)C1. The second kappa shape index (κ2) is 10.4. The summed E-state index contributed by atoms with van der Waals surface area (Å²) in [5.74, 6) is -0.460. The summed E-state index contributed by atoms with van der Waals surface area (Å²) in [7, 11) is 0. The highest BCUT2D eigenvalue weighted by molar-refractivity contribution is 5.80. The van der Waals surface area contributed by atoms with Crippen LogP contribution in [-0.2, 0) is 11.2 Å². The van der Waals surface area contributed by atoms with Crippen LogP contribution in [0.4, 0.5) is 18.0 Å². The number of halogens is 3. The van der Waals surface area contributed by atoms with Gasteiger partial charge in [0.25, 0.3) is 0 Å². The van der Waals surface area contributed by atoms with Gasteiger partial charge in [0, 0.05) is 31.1 Å². The summed E-state index contributed by atoms with van der Waals surface area (Å²) in [6.45, 7) is 4.83. The molecular formula is C25H26F3N5O3. The summed E-state index contributed by atoms with van der Waals surface area (Å²) in [5.41, 5.74) is 1.85. The number of carbonyl (C=O) groups excluding carboxylic acids is 2. The van der Waals surface area contributed by atoms with E-state index < -0.39 is 12.4 Å². The summed E-state index contributed by atoms with van der Waals surface area (Å²) in [6.07, 6.45) is -2.84. The number of nitrogens with zero attached hydrogens (tertiary/aromatic N) is 5. The Balaban J connectivity index is 1.52. The second-order valence-electron chi connectivity index (χ2n) is 8.85. The Morgan fingerprint density at radius 1 is 1.06 bits per heavy atom. The topological polar surface area (TPSA) is 80.6 Å². The van der Waals surface area contributed by atoms with Crippen LogP contribution in [0.3, 0.4) is 0 Å². The van der Waals surface area contributed by atoms with Crippen molar-refractivity contribution in [2.75, 3.05) is 19.6 Å². The fraction of sp³-hybridized carbons (Fsp3) is 0.360. The maximum absolute atomic E-state index is 13.4. The monoisotopic (exact) mass is 501 g/mol. The van der Waals surface area contributed by atoms with Crippen LogP contribution in [0.15, 0.2) is 60.8 Å². The van der Waals surface area contributed by atoms with Crippen molar-refractivity contribution < 1.29 is 27.5 Å². The van der Waals surface area contributed by atoms with Gasteiger partial charge in [-0.1, -0.05) is 49.0 Å². The third-order valence-corrected chi connectivity index (χ3v) is 5.89. The van der Waals surface area contributed by atoms with Gasteiger partial charge in [-0.05, 0) is 36.2 Å². The van der Waals surface area contributed by atoms with Gasteiger partial charge in [0.2, 0.25) is 5.91 Å². The van der Waals surface area contributed by atoms with Crippen molar-refractivity contribution in [2.45, 2.75) is 32.7 Å². The molecule has 1 saturated heterocycles. The van der Waals surface area contributed by atoms with E-state index in [-0.39, 0.29) is 23.6 Å². The standard InChI is InChI=1S/C25H26F3N5O3/c1-17(2)23(34)31-12-13-32(20(16-31)14-18-6-4-3-5-7-18)24(35)33-29-15-22(30-33)19-8-10-21(11-9-19)36-25(26,27)28/h3-11,15,17,20H,12-14,16H2,1-2H3. The van der Waals surface area contributed by atoms with E-state index in [4.69, 9.17) is 0 Å². The molecule has 0 bridgehead atoms. The Bertz CT molecular complexity index is 1200. The van der Waals surface area contributed by atoms with Gasteiger partial charge < -0.3 is 14.5 Å². The van der Waals surface area contributed by atoms with Crippen molar-refractivity contribution >= 4 is 11.9 Å². The highest BCUT2D eigenvalue weighted by atomic mass is 19.4. The number of rotatable bonds is 5. The zero-order valence-electron chi connectivity index (χ0n) is 19.9. The molecule has 1 unspecified atom stereocenters. The molecule has 4 rings (SSSR count). The number of benzene rings is 2. The van der Waals surface area contributed by atoms with Gasteiger partial charge in [-0.15, -0.1) is 18.3 Å². The zero-order chi connectivity index (χ0) is 25.9. The molecule has 3 aromatic rings. The van der Waals surface area contributed by atoms with Crippen LogP contribution >= 0.6 is 0 Å². The normalized spacial score (nSPS) is 16.3. The molecule has 190 valence electrons. The lowest BCUT2D eigenvalue weighted by atomic mass is 10.0. The molecule has 11 heteroatoms. The van der Waals surface area contributed by atoms with E-state index in [0.29, 0.717) is 37.3 Å². The Labute approximate surface area is 206 Å². The molecule has 2 heterocycles. The van der Waals surface area contributed by atoms with E-state index in [2.05, 4.69) is 14.9 Å². The molecule has 1 aromatic heterocycles. The molecular weight excluding hydrogens is 475 g/mol. The van der Waals surface area contributed by atoms with Crippen LogP contribution in [-0.4, -0.2) is 68.8 Å². The molecule has 2 amide bonds. The average Bonchev–Trinajstić information content (AvgIpc) is 3.33. The van der Waals surface area contributed by atoms with Gasteiger partial charge in [0.05, 0.1) is 12.2 Å². The highest BCUT2D eigenvalue weighted by Gasteiger charge is 2.35. The van der Waals surface area contributed by atoms with Crippen LogP contribution in [0.2, 0.25) is 0 Å². The van der Waals surface area contributed by atoms with Gasteiger partial charge in [0.15, 0.2) is 0 Å². The Morgan fingerprint density at radius 2 is 1.75 bits per heavy atom. The summed E-state index contributed by atoms with van der Waals surface area (Å²) in [4.78, 5) is 30.4. The molecule has 0 saturated carbocycles. The van der Waals surface area contributed by atoms with E-state index in [9.17, 15) is 22.8 Å². The van der Waals surface area contributed by atoms with E-state index in [1.54, 1.807) is 9.80 Å². The molecule has 8 nitrogen and oxygen atoms in total. The van der Waals surface area contributed by atoms with E-state index >= 15 is 0 Å². The lowest BCUT2D eigenvalue weighted by Crippen LogP contribution is -2.58. The van der Waals surface area contributed by atoms with Gasteiger partial charge in [-0.3, -0.25) is 4.79 Å². The number of amides is 2. The lowest BCUT2D eigenvalue weighted by molar-refractivity contribution is -0.274. The second-order valence-corrected chi connectivity index (χ2v) is 8.85. The number of piperazine rings is 1. The first-order chi connectivity index (χ1) is 17.1. The minimum Gasteiger partial charge on any atom is -0.406 e. The van der Waals surface area contributed by atoms with Gasteiger partial charge >= 0.3 is 12.4 Å². The third kappa shape index (κ3) is 6.02.